The second-order valence-electron chi connectivity index (χ2n) is 7.28. The van der Waals surface area contributed by atoms with Gasteiger partial charge in [-0.2, -0.15) is 5.01 Å². The highest BCUT2D eigenvalue weighted by atomic mass is 35.5. The molecular weight excluding hydrogens is 503 g/mol. The molecule has 1 aliphatic rings. The van der Waals surface area contributed by atoms with Crippen LogP contribution in [-0.2, 0) is 6.54 Å². The topological polar surface area (TPSA) is 144 Å². The Balaban J connectivity index is 1.81. The van der Waals surface area contributed by atoms with E-state index in [4.69, 9.17) is 23.2 Å². The van der Waals surface area contributed by atoms with E-state index in [0.717, 1.165) is 35.3 Å². The molecular formula is C22H12Cl2N4O7. The van der Waals surface area contributed by atoms with Crippen molar-refractivity contribution in [3.63, 3.8) is 0 Å². The third-order valence-electron chi connectivity index (χ3n) is 5.20. The number of carbonyl (C=O) groups excluding carboxylic acids is 3. The largest absolute Gasteiger partial charge is 0.287 e. The second-order valence-corrected chi connectivity index (χ2v) is 8.13. The lowest BCUT2D eigenvalue weighted by Gasteiger charge is -2.30. The van der Waals surface area contributed by atoms with Crippen LogP contribution in [0.5, 0.6) is 0 Å². The molecule has 0 spiro atoms. The van der Waals surface area contributed by atoms with E-state index in [1.807, 2.05) is 0 Å². The zero-order valence-corrected chi connectivity index (χ0v) is 18.9. The van der Waals surface area contributed by atoms with Gasteiger partial charge in [0.25, 0.3) is 29.1 Å². The van der Waals surface area contributed by atoms with E-state index in [1.165, 1.54) is 30.3 Å². The molecule has 11 nitrogen and oxygen atoms in total. The summed E-state index contributed by atoms with van der Waals surface area (Å²) in [5, 5.41) is 24.2. The monoisotopic (exact) mass is 514 g/mol. The number of hydrogen-bond donors (Lipinski definition) is 0. The normalized spacial score (nSPS) is 12.5. The molecule has 0 N–H and O–H groups in total. The first kappa shape index (κ1) is 23.8. The lowest BCUT2D eigenvalue weighted by molar-refractivity contribution is -0.385. The second kappa shape index (κ2) is 9.12. The van der Waals surface area contributed by atoms with Gasteiger partial charge < -0.3 is 0 Å². The first-order valence-electron chi connectivity index (χ1n) is 9.76. The van der Waals surface area contributed by atoms with E-state index < -0.39 is 38.8 Å². The van der Waals surface area contributed by atoms with Crippen LogP contribution in [0.15, 0.2) is 60.7 Å². The Morgan fingerprint density at radius 3 is 2.20 bits per heavy atom. The molecule has 1 heterocycles. The van der Waals surface area contributed by atoms with Gasteiger partial charge in [0.1, 0.15) is 5.56 Å². The van der Waals surface area contributed by atoms with Crippen LogP contribution < -0.4 is 0 Å². The average Bonchev–Trinajstić information content (AvgIpc) is 3.08. The third kappa shape index (κ3) is 4.29. The highest BCUT2D eigenvalue weighted by Gasteiger charge is 2.45. The van der Waals surface area contributed by atoms with Gasteiger partial charge in [0, 0.05) is 33.8 Å². The molecule has 3 aromatic rings. The Bertz CT molecular complexity index is 1430. The van der Waals surface area contributed by atoms with Crippen molar-refractivity contribution in [2.75, 3.05) is 0 Å². The number of amides is 3. The Kier molecular flexibility index (Phi) is 6.20. The number of rotatable bonds is 6. The number of nitrogens with zero attached hydrogens (tertiary/aromatic N) is 4. The summed E-state index contributed by atoms with van der Waals surface area (Å²) >= 11 is 12.2. The lowest BCUT2D eigenvalue weighted by Crippen LogP contribution is -2.49. The van der Waals surface area contributed by atoms with Gasteiger partial charge in [0.05, 0.1) is 22.0 Å². The van der Waals surface area contributed by atoms with Crippen LogP contribution in [0.3, 0.4) is 0 Å². The van der Waals surface area contributed by atoms with Crippen LogP contribution in [0.2, 0.25) is 10.0 Å². The van der Waals surface area contributed by atoms with Gasteiger partial charge in [-0.25, -0.2) is 5.01 Å². The molecule has 13 heteroatoms. The van der Waals surface area contributed by atoms with Crippen molar-refractivity contribution in [2.45, 2.75) is 6.54 Å². The maximum atomic E-state index is 13.5. The Labute approximate surface area is 206 Å². The molecule has 0 saturated carbocycles. The van der Waals surface area contributed by atoms with Crippen LogP contribution in [-0.4, -0.2) is 37.6 Å². The maximum absolute atomic E-state index is 13.5. The van der Waals surface area contributed by atoms with E-state index in [0.29, 0.717) is 15.6 Å². The number of carbonyl (C=O) groups is 3. The van der Waals surface area contributed by atoms with Crippen molar-refractivity contribution >= 4 is 52.3 Å². The number of non-ortho nitro benzene ring substituents is 1. The summed E-state index contributed by atoms with van der Waals surface area (Å²) in [6.45, 7) is -0.384. The molecule has 0 aromatic heterocycles. The van der Waals surface area contributed by atoms with Crippen LogP contribution in [0.1, 0.15) is 36.6 Å². The summed E-state index contributed by atoms with van der Waals surface area (Å²) < 4.78 is 0. The predicted octanol–water partition coefficient (Wildman–Crippen LogP) is 4.66. The van der Waals surface area contributed by atoms with Crippen molar-refractivity contribution in [2.24, 2.45) is 0 Å². The molecule has 0 unspecified atom stereocenters. The number of fused-ring (bicyclic) bond motifs is 1. The fourth-order valence-corrected chi connectivity index (χ4v) is 4.01. The van der Waals surface area contributed by atoms with Gasteiger partial charge in [-0.1, -0.05) is 35.3 Å². The Hall–Kier alpha value is -4.35. The summed E-state index contributed by atoms with van der Waals surface area (Å²) in [4.78, 5) is 60.9. The van der Waals surface area contributed by atoms with Crippen molar-refractivity contribution in [1.29, 1.82) is 0 Å². The zero-order chi connectivity index (χ0) is 25.4. The third-order valence-corrected chi connectivity index (χ3v) is 5.79. The molecule has 0 saturated heterocycles. The standard InChI is InChI=1S/C22H12Cl2N4O7/c23-14-7-4-13(17(24)10-14)11-25(20(29)12-5-8-15(9-6-12)27(32)33)26-21(30)16-2-1-3-18(28(34)35)19(16)22(26)31/h1-10H,11H2. The number of halogens is 2. The highest BCUT2D eigenvalue weighted by Crippen LogP contribution is 2.33. The fraction of sp³-hybridized carbons (Fsp3) is 0.0455. The summed E-state index contributed by atoms with van der Waals surface area (Å²) in [5.74, 6) is -2.89. The number of hydrogen-bond acceptors (Lipinski definition) is 7. The predicted molar refractivity (Wildman–Crippen MR) is 123 cm³/mol. The number of nitro benzene ring substituents is 2. The Morgan fingerprint density at radius 2 is 1.60 bits per heavy atom. The van der Waals surface area contributed by atoms with Gasteiger partial charge in [0.2, 0.25) is 0 Å². The minimum Gasteiger partial charge on any atom is -0.267 e. The molecule has 0 aliphatic carbocycles. The molecule has 1 aliphatic heterocycles. The number of hydrazine groups is 1. The van der Waals surface area contributed by atoms with Crippen LogP contribution >= 0.6 is 23.2 Å². The van der Waals surface area contributed by atoms with Crippen LogP contribution in [0, 0.1) is 20.2 Å². The van der Waals surface area contributed by atoms with E-state index in [1.54, 1.807) is 0 Å². The van der Waals surface area contributed by atoms with Crippen molar-refractivity contribution < 1.29 is 24.2 Å². The van der Waals surface area contributed by atoms with Crippen LogP contribution in [0.25, 0.3) is 0 Å². The summed E-state index contributed by atoms with van der Waals surface area (Å²) in [6, 6.07) is 12.5. The molecule has 0 atom stereocenters. The zero-order valence-electron chi connectivity index (χ0n) is 17.4. The summed E-state index contributed by atoms with van der Waals surface area (Å²) in [7, 11) is 0. The smallest absolute Gasteiger partial charge is 0.267 e. The molecule has 0 fully saturated rings. The van der Waals surface area contributed by atoms with Gasteiger partial charge in [0.15, 0.2) is 0 Å². The maximum Gasteiger partial charge on any atom is 0.287 e. The minimum atomic E-state index is -1.07. The minimum absolute atomic E-state index is 0.0771. The van der Waals surface area contributed by atoms with Crippen molar-refractivity contribution in [1.82, 2.24) is 10.0 Å². The van der Waals surface area contributed by atoms with E-state index >= 15 is 0 Å². The van der Waals surface area contributed by atoms with Gasteiger partial charge in [-0.3, -0.25) is 34.6 Å². The number of benzene rings is 3. The average molecular weight is 515 g/mol. The van der Waals surface area contributed by atoms with E-state index in [9.17, 15) is 34.6 Å². The molecule has 0 bridgehead atoms. The lowest BCUT2D eigenvalue weighted by atomic mass is 10.1. The van der Waals surface area contributed by atoms with Gasteiger partial charge >= 0.3 is 0 Å². The highest BCUT2D eigenvalue weighted by molar-refractivity contribution is 6.35. The molecule has 0 radical (unpaired) electrons. The van der Waals surface area contributed by atoms with E-state index in [-0.39, 0.29) is 28.4 Å². The summed E-state index contributed by atoms with van der Waals surface area (Å²) in [5.41, 5.74) is -1.32. The molecule has 4 rings (SSSR count). The Morgan fingerprint density at radius 1 is 0.914 bits per heavy atom. The van der Waals surface area contributed by atoms with Gasteiger partial charge in [-0.05, 0) is 35.9 Å². The fourth-order valence-electron chi connectivity index (χ4n) is 3.55. The molecule has 176 valence electrons. The first-order valence-corrected chi connectivity index (χ1v) is 10.5. The quantitative estimate of drug-likeness (QED) is 0.264. The first-order chi connectivity index (χ1) is 16.6. The molecule has 3 aromatic carbocycles. The van der Waals surface area contributed by atoms with Crippen molar-refractivity contribution in [3.8, 4) is 0 Å². The number of nitro groups is 2. The van der Waals surface area contributed by atoms with Crippen LogP contribution in [0.4, 0.5) is 11.4 Å². The SMILES string of the molecule is O=C(c1ccc([N+](=O)[O-])cc1)N(Cc1ccc(Cl)cc1Cl)N1C(=O)c2cccc([N+](=O)[O-])c2C1=O. The summed E-state index contributed by atoms with van der Waals surface area (Å²) in [6.07, 6.45) is 0. The molecule has 3 amide bonds. The van der Waals surface area contributed by atoms with Crippen molar-refractivity contribution in [3.05, 3.63) is 113 Å². The molecule has 35 heavy (non-hydrogen) atoms. The van der Waals surface area contributed by atoms with E-state index in [2.05, 4.69) is 0 Å². The number of imide groups is 1. The van der Waals surface area contributed by atoms with Gasteiger partial charge in [-0.15, -0.1) is 0 Å².